The molecule has 1 aliphatic rings. The lowest BCUT2D eigenvalue weighted by atomic mass is 10.1. The van der Waals surface area contributed by atoms with Crippen LogP contribution >= 0.6 is 0 Å². The average Bonchev–Trinajstić information content (AvgIpc) is 2.32. The molecular formula is C12H15NO4. The normalized spacial score (nSPS) is 13.2. The van der Waals surface area contributed by atoms with Crippen molar-refractivity contribution < 1.29 is 19.4 Å². The van der Waals surface area contributed by atoms with Crippen LogP contribution < -0.4 is 14.8 Å². The van der Waals surface area contributed by atoms with Gasteiger partial charge in [-0.05, 0) is 18.6 Å². The summed E-state index contributed by atoms with van der Waals surface area (Å²) in [6.45, 7) is 2.91. The van der Waals surface area contributed by atoms with Gasteiger partial charge in [-0.25, -0.2) is 0 Å². The molecule has 1 aromatic carbocycles. The molecular weight excluding hydrogens is 222 g/mol. The third kappa shape index (κ3) is 2.61. The van der Waals surface area contributed by atoms with E-state index in [1.54, 1.807) is 12.1 Å². The van der Waals surface area contributed by atoms with Crippen LogP contribution in [0.4, 0.5) is 0 Å². The first-order valence-electron chi connectivity index (χ1n) is 5.53. The zero-order chi connectivity index (χ0) is 12.3. The smallest absolute Gasteiger partial charge is 0.216 e. The molecule has 0 radical (unpaired) electrons. The third-order valence-electron chi connectivity index (χ3n) is 2.54. The van der Waals surface area contributed by atoms with Crippen LogP contribution in [0.2, 0.25) is 0 Å². The number of rotatable bonds is 3. The number of phenols is 1. The number of amides is 1. The second-order valence-electron chi connectivity index (χ2n) is 3.82. The van der Waals surface area contributed by atoms with Gasteiger partial charge in [0.2, 0.25) is 5.91 Å². The molecule has 5 heteroatoms. The number of carbonyl (C=O) groups excluding carboxylic acids is 1. The van der Waals surface area contributed by atoms with Crippen molar-refractivity contribution in [3.05, 3.63) is 17.7 Å². The number of ether oxygens (including phenoxy) is 2. The van der Waals surface area contributed by atoms with E-state index < -0.39 is 0 Å². The highest BCUT2D eigenvalue weighted by molar-refractivity contribution is 5.72. The molecule has 0 saturated heterocycles. The molecule has 2 rings (SSSR count). The number of aromatic hydroxyl groups is 1. The molecule has 1 heterocycles. The van der Waals surface area contributed by atoms with Gasteiger partial charge >= 0.3 is 0 Å². The monoisotopic (exact) mass is 237 g/mol. The van der Waals surface area contributed by atoms with E-state index in [-0.39, 0.29) is 11.7 Å². The minimum atomic E-state index is -0.0912. The second kappa shape index (κ2) is 4.95. The lowest BCUT2D eigenvalue weighted by Gasteiger charge is -2.21. The Morgan fingerprint density at radius 2 is 2.18 bits per heavy atom. The predicted molar refractivity (Wildman–Crippen MR) is 61.5 cm³/mol. The summed E-state index contributed by atoms with van der Waals surface area (Å²) < 4.78 is 10.9. The van der Waals surface area contributed by atoms with Crippen LogP contribution in [-0.4, -0.2) is 30.8 Å². The number of fused-ring (bicyclic) bond motifs is 1. The van der Waals surface area contributed by atoms with Crippen LogP contribution in [0.1, 0.15) is 12.5 Å². The van der Waals surface area contributed by atoms with Crippen molar-refractivity contribution in [1.82, 2.24) is 5.32 Å². The summed E-state index contributed by atoms with van der Waals surface area (Å²) in [7, 11) is 0. The van der Waals surface area contributed by atoms with Gasteiger partial charge in [0.25, 0.3) is 0 Å². The van der Waals surface area contributed by atoms with Gasteiger partial charge in [-0.3, -0.25) is 4.79 Å². The molecule has 2 N–H and O–H groups in total. The SMILES string of the molecule is CC(=O)NCCc1c(O)ccc2c1OCCO2. The van der Waals surface area contributed by atoms with Crippen LogP contribution in [0, 0.1) is 0 Å². The van der Waals surface area contributed by atoms with Gasteiger partial charge in [0.1, 0.15) is 19.0 Å². The van der Waals surface area contributed by atoms with Gasteiger partial charge in [-0.2, -0.15) is 0 Å². The fraction of sp³-hybridized carbons (Fsp3) is 0.417. The lowest BCUT2D eigenvalue weighted by molar-refractivity contribution is -0.118. The highest BCUT2D eigenvalue weighted by Gasteiger charge is 2.18. The maximum absolute atomic E-state index is 10.8. The van der Waals surface area contributed by atoms with E-state index >= 15 is 0 Å². The van der Waals surface area contributed by atoms with Gasteiger partial charge in [0.05, 0.1) is 0 Å². The van der Waals surface area contributed by atoms with Gasteiger partial charge in [0.15, 0.2) is 11.5 Å². The van der Waals surface area contributed by atoms with Gasteiger partial charge in [-0.1, -0.05) is 0 Å². The minimum absolute atomic E-state index is 0.0912. The Kier molecular flexibility index (Phi) is 3.37. The average molecular weight is 237 g/mol. The highest BCUT2D eigenvalue weighted by Crippen LogP contribution is 2.38. The maximum Gasteiger partial charge on any atom is 0.216 e. The highest BCUT2D eigenvalue weighted by atomic mass is 16.6. The number of benzene rings is 1. The van der Waals surface area contributed by atoms with Gasteiger partial charge in [-0.15, -0.1) is 0 Å². The van der Waals surface area contributed by atoms with Crippen LogP contribution in [-0.2, 0) is 11.2 Å². The van der Waals surface area contributed by atoms with Gasteiger partial charge in [0, 0.05) is 19.0 Å². The molecule has 0 aliphatic carbocycles. The molecule has 1 aliphatic heterocycles. The number of hydrogen-bond donors (Lipinski definition) is 2. The predicted octanol–water partition coefficient (Wildman–Crippen LogP) is 0.842. The van der Waals surface area contributed by atoms with E-state index in [0.717, 1.165) is 0 Å². The molecule has 5 nitrogen and oxygen atoms in total. The largest absolute Gasteiger partial charge is 0.508 e. The topological polar surface area (TPSA) is 67.8 Å². The van der Waals surface area contributed by atoms with E-state index in [0.29, 0.717) is 43.2 Å². The molecule has 92 valence electrons. The van der Waals surface area contributed by atoms with Crippen molar-refractivity contribution in [3.8, 4) is 17.2 Å². The molecule has 1 amide bonds. The number of nitrogens with one attached hydrogen (secondary N) is 1. The quantitative estimate of drug-likeness (QED) is 0.817. The number of carbonyl (C=O) groups is 1. The van der Waals surface area contributed by atoms with Crippen LogP contribution in [0.3, 0.4) is 0 Å². The van der Waals surface area contributed by atoms with Crippen molar-refractivity contribution in [2.24, 2.45) is 0 Å². The lowest BCUT2D eigenvalue weighted by Crippen LogP contribution is -2.23. The molecule has 0 saturated carbocycles. The summed E-state index contributed by atoms with van der Waals surface area (Å²) in [4.78, 5) is 10.8. The number of phenolic OH excluding ortho intramolecular Hbond substituents is 1. The fourth-order valence-electron chi connectivity index (χ4n) is 1.77. The Morgan fingerprint density at radius 3 is 2.94 bits per heavy atom. The fourth-order valence-corrected chi connectivity index (χ4v) is 1.77. The van der Waals surface area contributed by atoms with E-state index in [1.165, 1.54) is 6.92 Å². The van der Waals surface area contributed by atoms with Crippen molar-refractivity contribution >= 4 is 5.91 Å². The summed E-state index contributed by atoms with van der Waals surface area (Å²) in [6, 6.07) is 3.27. The van der Waals surface area contributed by atoms with E-state index in [9.17, 15) is 9.90 Å². The molecule has 0 fully saturated rings. The first kappa shape index (κ1) is 11.6. The van der Waals surface area contributed by atoms with Crippen LogP contribution in [0.25, 0.3) is 0 Å². The Morgan fingerprint density at radius 1 is 1.41 bits per heavy atom. The maximum atomic E-state index is 10.8. The molecule has 0 aromatic heterocycles. The van der Waals surface area contributed by atoms with E-state index in [4.69, 9.17) is 9.47 Å². The molecule has 0 atom stereocenters. The Hall–Kier alpha value is -1.91. The molecule has 17 heavy (non-hydrogen) atoms. The molecule has 0 unspecified atom stereocenters. The second-order valence-corrected chi connectivity index (χ2v) is 3.82. The van der Waals surface area contributed by atoms with E-state index in [1.807, 2.05) is 0 Å². The molecule has 1 aromatic rings. The summed E-state index contributed by atoms with van der Waals surface area (Å²) in [5.74, 6) is 1.31. The Balaban J connectivity index is 2.16. The van der Waals surface area contributed by atoms with Gasteiger partial charge < -0.3 is 19.9 Å². The van der Waals surface area contributed by atoms with Crippen molar-refractivity contribution in [2.45, 2.75) is 13.3 Å². The molecule has 0 bridgehead atoms. The van der Waals surface area contributed by atoms with Crippen molar-refractivity contribution in [1.29, 1.82) is 0 Å². The summed E-state index contributed by atoms with van der Waals surface area (Å²) in [5, 5.41) is 12.5. The summed E-state index contributed by atoms with van der Waals surface area (Å²) >= 11 is 0. The zero-order valence-corrected chi connectivity index (χ0v) is 9.66. The Labute approximate surface area is 99.3 Å². The van der Waals surface area contributed by atoms with Crippen molar-refractivity contribution in [2.75, 3.05) is 19.8 Å². The third-order valence-corrected chi connectivity index (χ3v) is 2.54. The number of hydrogen-bond acceptors (Lipinski definition) is 4. The summed E-state index contributed by atoms with van der Waals surface area (Å²) in [6.07, 6.45) is 0.512. The first-order valence-corrected chi connectivity index (χ1v) is 5.53. The standard InChI is InChI=1S/C12H15NO4/c1-8(14)13-5-4-9-10(15)2-3-11-12(9)17-7-6-16-11/h2-3,15H,4-7H2,1H3,(H,13,14). The van der Waals surface area contributed by atoms with Crippen molar-refractivity contribution in [3.63, 3.8) is 0 Å². The van der Waals surface area contributed by atoms with E-state index in [2.05, 4.69) is 5.32 Å². The zero-order valence-electron chi connectivity index (χ0n) is 9.66. The summed E-state index contributed by atoms with van der Waals surface area (Å²) in [5.41, 5.74) is 0.677. The first-order chi connectivity index (χ1) is 8.18. The van der Waals surface area contributed by atoms with Crippen LogP contribution in [0.15, 0.2) is 12.1 Å². The molecule has 0 spiro atoms. The Bertz CT molecular complexity index is 431. The van der Waals surface area contributed by atoms with Crippen LogP contribution in [0.5, 0.6) is 17.2 Å². The minimum Gasteiger partial charge on any atom is -0.508 e.